The molecule has 0 aliphatic rings. The van der Waals surface area contributed by atoms with Crippen molar-refractivity contribution in [1.82, 2.24) is 14.9 Å². The van der Waals surface area contributed by atoms with Crippen LogP contribution in [-0.4, -0.2) is 45.4 Å². The Balaban J connectivity index is 1.55. The summed E-state index contributed by atoms with van der Waals surface area (Å²) in [5.41, 5.74) is 1.15. The van der Waals surface area contributed by atoms with Gasteiger partial charge in [-0.05, 0) is 41.6 Å². The van der Waals surface area contributed by atoms with Crippen LogP contribution in [0.15, 0.2) is 77.7 Å². The summed E-state index contributed by atoms with van der Waals surface area (Å²) in [4.78, 5) is 14.9. The van der Waals surface area contributed by atoms with Gasteiger partial charge in [0.25, 0.3) is 0 Å². The third kappa shape index (κ3) is 6.16. The molecule has 0 spiro atoms. The minimum Gasteiger partial charge on any atom is -0.354 e. The van der Waals surface area contributed by atoms with Gasteiger partial charge in [0.2, 0.25) is 15.9 Å². The van der Waals surface area contributed by atoms with Crippen LogP contribution < -0.4 is 10.0 Å². The molecule has 0 radical (unpaired) electrons. The normalized spacial score (nSPS) is 12.7. The van der Waals surface area contributed by atoms with Gasteiger partial charge in [0.15, 0.2) is 0 Å². The fourth-order valence-corrected chi connectivity index (χ4v) is 4.88. The van der Waals surface area contributed by atoms with Crippen molar-refractivity contribution < 1.29 is 13.2 Å². The molecule has 1 amide bonds. The minimum atomic E-state index is -3.68. The van der Waals surface area contributed by atoms with Crippen molar-refractivity contribution in [1.29, 1.82) is 0 Å². The van der Waals surface area contributed by atoms with Gasteiger partial charge in [0, 0.05) is 19.5 Å². The maximum Gasteiger partial charge on any atom is 0.240 e. The molecule has 0 aliphatic heterocycles. The summed E-state index contributed by atoms with van der Waals surface area (Å²) in [5.74, 6) is -0.181. The first-order chi connectivity index (χ1) is 15.4. The lowest BCUT2D eigenvalue weighted by Gasteiger charge is -2.30. The topological polar surface area (TPSA) is 78.5 Å². The molecule has 6 nitrogen and oxygen atoms in total. The van der Waals surface area contributed by atoms with Gasteiger partial charge in [0.1, 0.15) is 0 Å². The van der Waals surface area contributed by atoms with E-state index < -0.39 is 10.0 Å². The average Bonchev–Trinajstić information content (AvgIpc) is 2.82. The highest BCUT2D eigenvalue weighted by Gasteiger charge is 2.19. The average molecular weight is 454 g/mol. The quantitative estimate of drug-likeness (QED) is 0.464. The number of hydrogen-bond donors (Lipinski definition) is 2. The molecule has 3 rings (SSSR count). The number of sulfonamides is 1. The van der Waals surface area contributed by atoms with Crippen molar-refractivity contribution in [2.24, 2.45) is 0 Å². The van der Waals surface area contributed by atoms with E-state index in [9.17, 15) is 13.2 Å². The van der Waals surface area contributed by atoms with Crippen LogP contribution in [0.1, 0.15) is 31.9 Å². The van der Waals surface area contributed by atoms with E-state index in [1.165, 1.54) is 0 Å². The van der Waals surface area contributed by atoms with E-state index in [2.05, 4.69) is 40.9 Å². The van der Waals surface area contributed by atoms with E-state index in [-0.39, 0.29) is 29.8 Å². The third-order valence-corrected chi connectivity index (χ3v) is 7.06. The number of fused-ring (bicyclic) bond motifs is 1. The molecule has 2 N–H and O–H groups in total. The SMILES string of the molecule is CCN(CC)C(CNC(=O)CCNS(=O)(=O)c1ccc2ccccc2c1)c1ccccc1. The zero-order valence-corrected chi connectivity index (χ0v) is 19.4. The molecule has 0 heterocycles. The second-order valence-corrected chi connectivity index (χ2v) is 9.38. The number of hydrogen-bond acceptors (Lipinski definition) is 4. The Bertz CT molecular complexity index is 1130. The number of benzene rings is 3. The van der Waals surface area contributed by atoms with E-state index >= 15 is 0 Å². The summed E-state index contributed by atoms with van der Waals surface area (Å²) in [6.45, 7) is 6.46. The van der Waals surface area contributed by atoms with Gasteiger partial charge in [-0.3, -0.25) is 9.69 Å². The smallest absolute Gasteiger partial charge is 0.240 e. The number of amides is 1. The van der Waals surface area contributed by atoms with Crippen molar-refractivity contribution in [2.75, 3.05) is 26.2 Å². The van der Waals surface area contributed by atoms with Crippen molar-refractivity contribution in [3.63, 3.8) is 0 Å². The van der Waals surface area contributed by atoms with Gasteiger partial charge in [-0.25, -0.2) is 13.1 Å². The first-order valence-corrected chi connectivity index (χ1v) is 12.5. The standard InChI is InChI=1S/C25H31N3O3S/c1-3-28(4-2)24(21-11-6-5-7-12-21)19-26-25(29)16-17-27-32(30,31)23-15-14-20-10-8-9-13-22(20)18-23/h5-15,18,24,27H,3-4,16-17,19H2,1-2H3,(H,26,29). The maximum atomic E-state index is 12.6. The second kappa shape index (κ2) is 11.2. The fourth-order valence-electron chi connectivity index (χ4n) is 3.81. The Morgan fingerprint density at radius 3 is 2.25 bits per heavy atom. The van der Waals surface area contributed by atoms with Crippen molar-refractivity contribution in [3.05, 3.63) is 78.4 Å². The van der Waals surface area contributed by atoms with Crippen LogP contribution in [0.2, 0.25) is 0 Å². The monoisotopic (exact) mass is 453 g/mol. The van der Waals surface area contributed by atoms with Crippen LogP contribution >= 0.6 is 0 Å². The predicted molar refractivity (Wildman–Crippen MR) is 129 cm³/mol. The number of nitrogens with one attached hydrogen (secondary N) is 2. The van der Waals surface area contributed by atoms with E-state index in [4.69, 9.17) is 0 Å². The van der Waals surface area contributed by atoms with Crippen molar-refractivity contribution in [2.45, 2.75) is 31.2 Å². The highest BCUT2D eigenvalue weighted by Crippen LogP contribution is 2.20. The molecule has 0 bridgehead atoms. The molecule has 3 aromatic rings. The lowest BCUT2D eigenvalue weighted by Crippen LogP contribution is -2.39. The van der Waals surface area contributed by atoms with Gasteiger partial charge in [-0.2, -0.15) is 0 Å². The van der Waals surface area contributed by atoms with Crippen molar-refractivity contribution >= 4 is 26.7 Å². The summed E-state index contributed by atoms with van der Waals surface area (Å²) in [5, 5.41) is 4.80. The number of likely N-dealkylation sites (N-methyl/N-ethyl adjacent to an activating group) is 1. The predicted octanol–water partition coefficient (Wildman–Crippen LogP) is 3.71. The molecule has 1 unspecified atom stereocenters. The van der Waals surface area contributed by atoms with E-state index in [1.807, 2.05) is 42.5 Å². The number of nitrogens with zero attached hydrogens (tertiary/aromatic N) is 1. The molecule has 32 heavy (non-hydrogen) atoms. The summed E-state index contributed by atoms with van der Waals surface area (Å²) in [7, 11) is -3.68. The zero-order chi connectivity index (χ0) is 23.0. The van der Waals surface area contributed by atoms with Crippen LogP contribution in [-0.2, 0) is 14.8 Å². The minimum absolute atomic E-state index is 0.0439. The van der Waals surface area contributed by atoms with Gasteiger partial charge < -0.3 is 5.32 Å². The van der Waals surface area contributed by atoms with Gasteiger partial charge in [-0.15, -0.1) is 0 Å². The van der Waals surface area contributed by atoms with Crippen molar-refractivity contribution in [3.8, 4) is 0 Å². The Kier molecular flexibility index (Phi) is 8.39. The summed E-state index contributed by atoms with van der Waals surface area (Å²) >= 11 is 0. The van der Waals surface area contributed by atoms with E-state index in [1.54, 1.807) is 18.2 Å². The molecule has 0 aliphatic carbocycles. The number of carbonyl (C=O) groups excluding carboxylic acids is 1. The first kappa shape index (κ1) is 23.9. The molecule has 170 valence electrons. The Hall–Kier alpha value is -2.74. The molecular formula is C25H31N3O3S. The van der Waals surface area contributed by atoms with E-state index in [0.717, 1.165) is 29.4 Å². The van der Waals surface area contributed by atoms with Crippen LogP contribution in [0.25, 0.3) is 10.8 Å². The van der Waals surface area contributed by atoms with Crippen LogP contribution in [0.3, 0.4) is 0 Å². The molecule has 0 aromatic heterocycles. The molecule has 0 saturated carbocycles. The fraction of sp³-hybridized carbons (Fsp3) is 0.320. The number of rotatable bonds is 11. The summed E-state index contributed by atoms with van der Waals surface area (Å²) in [6, 6.07) is 22.8. The van der Waals surface area contributed by atoms with Crippen LogP contribution in [0, 0.1) is 0 Å². The lowest BCUT2D eigenvalue weighted by molar-refractivity contribution is -0.121. The zero-order valence-electron chi connectivity index (χ0n) is 18.6. The molecule has 0 fully saturated rings. The first-order valence-electron chi connectivity index (χ1n) is 11.0. The third-order valence-electron chi connectivity index (χ3n) is 5.61. The largest absolute Gasteiger partial charge is 0.354 e. The molecule has 7 heteroatoms. The van der Waals surface area contributed by atoms with Crippen LogP contribution in [0.4, 0.5) is 0 Å². The highest BCUT2D eigenvalue weighted by atomic mass is 32.2. The Morgan fingerprint density at radius 2 is 1.56 bits per heavy atom. The van der Waals surface area contributed by atoms with E-state index in [0.29, 0.717) is 6.54 Å². The van der Waals surface area contributed by atoms with Gasteiger partial charge >= 0.3 is 0 Å². The maximum absolute atomic E-state index is 12.6. The molecule has 3 aromatic carbocycles. The molecule has 0 saturated heterocycles. The Morgan fingerprint density at radius 1 is 0.906 bits per heavy atom. The molecular weight excluding hydrogens is 422 g/mol. The molecule has 1 atom stereocenters. The van der Waals surface area contributed by atoms with Gasteiger partial charge in [0.05, 0.1) is 10.9 Å². The van der Waals surface area contributed by atoms with Crippen LogP contribution in [0.5, 0.6) is 0 Å². The summed E-state index contributed by atoms with van der Waals surface area (Å²) in [6.07, 6.45) is 0.0760. The number of carbonyl (C=O) groups is 1. The highest BCUT2D eigenvalue weighted by molar-refractivity contribution is 7.89. The second-order valence-electron chi connectivity index (χ2n) is 7.61. The van der Waals surface area contributed by atoms with Gasteiger partial charge in [-0.1, -0.05) is 74.5 Å². The summed E-state index contributed by atoms with van der Waals surface area (Å²) < 4.78 is 27.8. The Labute approximate surface area is 190 Å². The lowest BCUT2D eigenvalue weighted by atomic mass is 10.1.